The number of rotatable bonds is 4. The monoisotopic (exact) mass is 268 g/mol. The summed E-state index contributed by atoms with van der Waals surface area (Å²) in [7, 11) is 0. The van der Waals surface area contributed by atoms with Gasteiger partial charge < -0.3 is 11.6 Å². The average Bonchev–Trinajstić information content (AvgIpc) is 2.18. The van der Waals surface area contributed by atoms with E-state index < -0.39 is 17.4 Å². The predicted octanol–water partition coefficient (Wildman–Crippen LogP) is -0.505. The Morgan fingerprint density at radius 2 is 1.53 bits per heavy atom. The molecule has 0 amide bonds. The minimum Gasteiger partial charge on any atom is -1.00 e. The van der Waals surface area contributed by atoms with Crippen molar-refractivity contribution in [1.82, 2.24) is 0 Å². The van der Waals surface area contributed by atoms with Gasteiger partial charge in [-0.3, -0.25) is 9.59 Å². The van der Waals surface area contributed by atoms with Crippen LogP contribution >= 0.6 is 0 Å². The molecule has 0 aromatic rings. The molecule has 2 N–H and O–H groups in total. The Bertz CT molecular complexity index is 274. The van der Waals surface area contributed by atoms with Gasteiger partial charge in [0.2, 0.25) is 0 Å². The van der Waals surface area contributed by atoms with E-state index in [-0.39, 0.29) is 64.6 Å². The third-order valence-corrected chi connectivity index (χ3v) is 3.87. The molecule has 0 bridgehead atoms. The molecule has 1 rings (SSSR count). The second kappa shape index (κ2) is 7.24. The third kappa shape index (κ3) is 3.32. The van der Waals surface area contributed by atoms with Crippen molar-refractivity contribution in [2.75, 3.05) is 0 Å². The normalized spacial score (nSPS) is 17.6. The number of carboxylic acids is 2. The van der Waals surface area contributed by atoms with Crippen molar-refractivity contribution in [2.45, 2.75) is 46.0 Å². The van der Waals surface area contributed by atoms with Crippen LogP contribution in [-0.2, 0) is 9.59 Å². The molecule has 0 heterocycles. The van der Waals surface area contributed by atoms with Gasteiger partial charge in [-0.05, 0) is 24.7 Å². The molecular weight excluding hydrogens is 247 g/mol. The Morgan fingerprint density at radius 1 is 1.12 bits per heavy atom. The van der Waals surface area contributed by atoms with Crippen molar-refractivity contribution >= 4 is 11.9 Å². The molecule has 1 saturated carbocycles. The zero-order valence-corrected chi connectivity index (χ0v) is 14.0. The van der Waals surface area contributed by atoms with Crippen molar-refractivity contribution in [3.63, 3.8) is 0 Å². The zero-order valence-electron chi connectivity index (χ0n) is 11.9. The summed E-state index contributed by atoms with van der Waals surface area (Å²) < 4.78 is 0. The Morgan fingerprint density at radius 3 is 1.82 bits per heavy atom. The SMILES string of the molecule is CC(C)C(C(=O)O)(C(=O)O)C1CCCCC1.[H-].[K+]. The van der Waals surface area contributed by atoms with Crippen LogP contribution in [0.25, 0.3) is 0 Å². The van der Waals surface area contributed by atoms with E-state index in [1.165, 1.54) is 0 Å². The molecular formula is C12H21KO4. The summed E-state index contributed by atoms with van der Waals surface area (Å²) in [6.07, 6.45) is 4.41. The first kappa shape index (κ1) is 17.6. The first-order valence-corrected chi connectivity index (χ1v) is 5.90. The summed E-state index contributed by atoms with van der Waals surface area (Å²) in [4.78, 5) is 22.8. The second-order valence-corrected chi connectivity index (χ2v) is 4.97. The van der Waals surface area contributed by atoms with Crippen LogP contribution in [0.1, 0.15) is 47.4 Å². The van der Waals surface area contributed by atoms with Crippen molar-refractivity contribution in [2.24, 2.45) is 17.3 Å². The minimum absolute atomic E-state index is 0. The van der Waals surface area contributed by atoms with E-state index >= 15 is 0 Å². The topological polar surface area (TPSA) is 74.6 Å². The fraction of sp³-hybridized carbons (Fsp3) is 0.833. The van der Waals surface area contributed by atoms with E-state index in [0.717, 1.165) is 32.1 Å². The number of hydrogen-bond donors (Lipinski definition) is 2. The van der Waals surface area contributed by atoms with Crippen LogP contribution in [0.2, 0.25) is 0 Å². The smallest absolute Gasteiger partial charge is 1.00 e. The van der Waals surface area contributed by atoms with Crippen LogP contribution in [0, 0.1) is 17.3 Å². The molecule has 0 saturated heterocycles. The molecule has 1 aliphatic carbocycles. The quantitative estimate of drug-likeness (QED) is 0.532. The van der Waals surface area contributed by atoms with Crippen LogP contribution in [0.4, 0.5) is 0 Å². The van der Waals surface area contributed by atoms with Gasteiger partial charge in [0.25, 0.3) is 0 Å². The summed E-state index contributed by atoms with van der Waals surface area (Å²) in [6.45, 7) is 3.38. The number of carboxylic acid groups (broad SMARTS) is 2. The average molecular weight is 268 g/mol. The summed E-state index contributed by atoms with van der Waals surface area (Å²) in [5.74, 6) is -2.97. The van der Waals surface area contributed by atoms with Gasteiger partial charge in [-0.2, -0.15) is 0 Å². The summed E-state index contributed by atoms with van der Waals surface area (Å²) in [6, 6.07) is 0. The maximum Gasteiger partial charge on any atom is 1.00 e. The van der Waals surface area contributed by atoms with Gasteiger partial charge in [-0.1, -0.05) is 33.1 Å². The van der Waals surface area contributed by atoms with Gasteiger partial charge in [-0.25, -0.2) is 0 Å². The molecule has 17 heavy (non-hydrogen) atoms. The minimum atomic E-state index is -1.60. The maximum atomic E-state index is 11.4. The van der Waals surface area contributed by atoms with E-state index in [0.29, 0.717) is 0 Å². The molecule has 0 spiro atoms. The molecule has 0 radical (unpaired) electrons. The first-order valence-electron chi connectivity index (χ1n) is 5.90. The van der Waals surface area contributed by atoms with Crippen molar-refractivity contribution in [3.8, 4) is 0 Å². The van der Waals surface area contributed by atoms with Crippen LogP contribution in [0.15, 0.2) is 0 Å². The van der Waals surface area contributed by atoms with Crippen molar-refractivity contribution < 1.29 is 72.6 Å². The number of carbonyl (C=O) groups is 2. The Kier molecular flexibility index (Phi) is 7.48. The van der Waals surface area contributed by atoms with Gasteiger partial charge in [0.05, 0.1) is 0 Å². The molecule has 0 aliphatic heterocycles. The van der Waals surface area contributed by atoms with Crippen LogP contribution in [-0.4, -0.2) is 22.2 Å². The van der Waals surface area contributed by atoms with Gasteiger partial charge in [0.1, 0.15) is 0 Å². The standard InChI is InChI=1S/C12H20O4.K.H/c1-8(2)12(10(13)14,11(15)16)9-6-4-3-5-7-9;;/h8-9H,3-7H2,1-2H3,(H,13,14)(H,15,16);;/q;+1;-1. The number of aliphatic carboxylic acids is 2. The van der Waals surface area contributed by atoms with E-state index in [4.69, 9.17) is 0 Å². The predicted molar refractivity (Wildman–Crippen MR) is 60.2 cm³/mol. The molecule has 4 nitrogen and oxygen atoms in total. The summed E-state index contributed by atoms with van der Waals surface area (Å²) in [5.41, 5.74) is -1.60. The molecule has 0 atom stereocenters. The third-order valence-electron chi connectivity index (χ3n) is 3.87. The fourth-order valence-corrected chi connectivity index (χ4v) is 2.96. The molecule has 5 heteroatoms. The molecule has 0 aromatic heterocycles. The molecule has 0 unspecified atom stereocenters. The van der Waals surface area contributed by atoms with E-state index in [2.05, 4.69) is 0 Å². The first-order chi connectivity index (χ1) is 7.44. The number of hydrogen-bond acceptors (Lipinski definition) is 2. The van der Waals surface area contributed by atoms with Gasteiger partial charge in [0, 0.05) is 0 Å². The van der Waals surface area contributed by atoms with E-state index in [1.807, 2.05) is 0 Å². The van der Waals surface area contributed by atoms with Crippen LogP contribution in [0.5, 0.6) is 0 Å². The van der Waals surface area contributed by atoms with Crippen molar-refractivity contribution in [1.29, 1.82) is 0 Å². The van der Waals surface area contributed by atoms with Gasteiger partial charge in [0.15, 0.2) is 5.41 Å². The Labute approximate surface area is 146 Å². The summed E-state index contributed by atoms with van der Waals surface area (Å²) in [5, 5.41) is 18.7. The van der Waals surface area contributed by atoms with Crippen molar-refractivity contribution in [3.05, 3.63) is 0 Å². The molecule has 94 valence electrons. The Hall–Kier alpha value is 0.576. The van der Waals surface area contributed by atoms with E-state index in [9.17, 15) is 19.8 Å². The van der Waals surface area contributed by atoms with Gasteiger partial charge >= 0.3 is 63.3 Å². The van der Waals surface area contributed by atoms with Crippen LogP contribution < -0.4 is 51.4 Å². The second-order valence-electron chi connectivity index (χ2n) is 4.97. The molecule has 1 aliphatic rings. The fourth-order valence-electron chi connectivity index (χ4n) is 2.96. The zero-order chi connectivity index (χ0) is 12.3. The summed E-state index contributed by atoms with van der Waals surface area (Å²) >= 11 is 0. The maximum absolute atomic E-state index is 11.4. The largest absolute Gasteiger partial charge is 1.00 e. The van der Waals surface area contributed by atoms with Crippen LogP contribution in [0.3, 0.4) is 0 Å². The molecule has 1 fully saturated rings. The van der Waals surface area contributed by atoms with E-state index in [1.54, 1.807) is 13.8 Å². The van der Waals surface area contributed by atoms with Gasteiger partial charge in [-0.15, -0.1) is 0 Å². The molecule has 0 aromatic carbocycles. The Balaban J connectivity index is 0.